The Balaban J connectivity index is 1.99. The van der Waals surface area contributed by atoms with Crippen molar-refractivity contribution in [3.63, 3.8) is 0 Å². The van der Waals surface area contributed by atoms with Crippen molar-refractivity contribution >= 4 is 33.3 Å². The van der Waals surface area contributed by atoms with Crippen LogP contribution in [0.15, 0.2) is 17.8 Å². The van der Waals surface area contributed by atoms with Crippen molar-refractivity contribution in [1.82, 2.24) is 15.3 Å². The minimum Gasteiger partial charge on any atom is -0.360 e. The molecule has 90 valence electrons. The smallest absolute Gasteiger partial charge is 0.239 e. The molecular formula is C11H14N4OS. The third-order valence-electron chi connectivity index (χ3n) is 2.23. The van der Waals surface area contributed by atoms with Crippen LogP contribution in [0.1, 0.15) is 13.3 Å². The first-order valence-electron chi connectivity index (χ1n) is 5.50. The number of nitrogens with zero attached hydrogens (tertiary/aromatic N) is 2. The summed E-state index contributed by atoms with van der Waals surface area (Å²) >= 11 is 1.56. The molecule has 1 amide bonds. The number of fused-ring (bicyclic) bond motifs is 1. The first-order valence-corrected chi connectivity index (χ1v) is 6.38. The van der Waals surface area contributed by atoms with Crippen molar-refractivity contribution < 1.29 is 4.79 Å². The van der Waals surface area contributed by atoms with Crippen LogP contribution in [-0.2, 0) is 4.79 Å². The lowest BCUT2D eigenvalue weighted by Gasteiger charge is -2.06. The van der Waals surface area contributed by atoms with Crippen LogP contribution in [0.2, 0.25) is 0 Å². The highest BCUT2D eigenvalue weighted by molar-refractivity contribution is 7.17. The maximum atomic E-state index is 11.4. The van der Waals surface area contributed by atoms with Crippen LogP contribution in [0.25, 0.3) is 10.2 Å². The van der Waals surface area contributed by atoms with E-state index in [4.69, 9.17) is 0 Å². The summed E-state index contributed by atoms with van der Waals surface area (Å²) in [5.41, 5.74) is 0.904. The van der Waals surface area contributed by atoms with Crippen LogP contribution < -0.4 is 10.6 Å². The lowest BCUT2D eigenvalue weighted by molar-refractivity contribution is -0.119. The quantitative estimate of drug-likeness (QED) is 0.846. The Morgan fingerprint density at radius 3 is 3.18 bits per heavy atom. The fourth-order valence-corrected chi connectivity index (χ4v) is 2.22. The van der Waals surface area contributed by atoms with E-state index >= 15 is 0 Å². The number of aromatic nitrogens is 2. The van der Waals surface area contributed by atoms with Gasteiger partial charge >= 0.3 is 0 Å². The largest absolute Gasteiger partial charge is 0.360 e. The molecule has 0 aliphatic carbocycles. The minimum atomic E-state index is -0.0184. The SMILES string of the molecule is CCCNC(=O)CNc1ncnc2ccsc12. The van der Waals surface area contributed by atoms with E-state index in [0.717, 1.165) is 22.5 Å². The summed E-state index contributed by atoms with van der Waals surface area (Å²) in [4.78, 5) is 19.7. The van der Waals surface area contributed by atoms with Gasteiger partial charge in [0.25, 0.3) is 0 Å². The number of hydrogen-bond donors (Lipinski definition) is 2. The van der Waals surface area contributed by atoms with Crippen molar-refractivity contribution in [2.75, 3.05) is 18.4 Å². The number of amides is 1. The van der Waals surface area contributed by atoms with Gasteiger partial charge in [-0.15, -0.1) is 11.3 Å². The second-order valence-corrected chi connectivity index (χ2v) is 4.48. The Morgan fingerprint density at radius 2 is 2.35 bits per heavy atom. The summed E-state index contributed by atoms with van der Waals surface area (Å²) in [6.07, 6.45) is 2.44. The molecule has 17 heavy (non-hydrogen) atoms. The molecule has 5 nitrogen and oxygen atoms in total. The van der Waals surface area contributed by atoms with Gasteiger partial charge < -0.3 is 10.6 Å². The predicted octanol–water partition coefficient (Wildman–Crippen LogP) is 1.63. The van der Waals surface area contributed by atoms with Crippen LogP contribution in [0.3, 0.4) is 0 Å². The van der Waals surface area contributed by atoms with E-state index in [1.165, 1.54) is 6.33 Å². The van der Waals surface area contributed by atoms with Gasteiger partial charge in [-0.25, -0.2) is 9.97 Å². The van der Waals surface area contributed by atoms with Crippen LogP contribution >= 0.6 is 11.3 Å². The highest BCUT2D eigenvalue weighted by atomic mass is 32.1. The molecule has 0 spiro atoms. The summed E-state index contributed by atoms with van der Waals surface area (Å²) < 4.78 is 0.982. The molecule has 0 radical (unpaired) electrons. The molecule has 0 aromatic carbocycles. The van der Waals surface area contributed by atoms with E-state index in [0.29, 0.717) is 6.54 Å². The van der Waals surface area contributed by atoms with E-state index < -0.39 is 0 Å². The summed E-state index contributed by atoms with van der Waals surface area (Å²) in [6.45, 7) is 2.97. The van der Waals surface area contributed by atoms with Gasteiger partial charge in [-0.3, -0.25) is 4.79 Å². The van der Waals surface area contributed by atoms with Crippen molar-refractivity contribution in [3.8, 4) is 0 Å². The molecule has 0 aliphatic rings. The Bertz CT molecular complexity index is 511. The van der Waals surface area contributed by atoms with Crippen LogP contribution in [0.5, 0.6) is 0 Å². The van der Waals surface area contributed by atoms with E-state index in [-0.39, 0.29) is 12.5 Å². The number of anilines is 1. The maximum absolute atomic E-state index is 11.4. The molecule has 2 rings (SSSR count). The van der Waals surface area contributed by atoms with Crippen LogP contribution in [0.4, 0.5) is 5.82 Å². The van der Waals surface area contributed by atoms with Gasteiger partial charge in [0.15, 0.2) is 0 Å². The molecule has 0 atom stereocenters. The lowest BCUT2D eigenvalue weighted by atomic mass is 10.4. The molecule has 2 N–H and O–H groups in total. The summed E-state index contributed by atoms with van der Waals surface area (Å²) in [6, 6.07) is 1.93. The van der Waals surface area contributed by atoms with E-state index in [1.807, 2.05) is 18.4 Å². The van der Waals surface area contributed by atoms with Gasteiger partial charge in [0.2, 0.25) is 5.91 Å². The molecule has 0 saturated heterocycles. The normalized spacial score (nSPS) is 10.4. The third kappa shape index (κ3) is 2.91. The third-order valence-corrected chi connectivity index (χ3v) is 3.14. The summed E-state index contributed by atoms with van der Waals surface area (Å²) in [5, 5.41) is 7.79. The number of hydrogen-bond acceptors (Lipinski definition) is 5. The first kappa shape index (κ1) is 11.8. The summed E-state index contributed by atoms with van der Waals surface area (Å²) in [7, 11) is 0. The molecule has 0 fully saturated rings. The highest BCUT2D eigenvalue weighted by Crippen LogP contribution is 2.24. The number of nitrogens with one attached hydrogen (secondary N) is 2. The molecule has 0 aliphatic heterocycles. The van der Waals surface area contributed by atoms with Gasteiger partial charge in [-0.1, -0.05) is 6.92 Å². The van der Waals surface area contributed by atoms with Crippen molar-refractivity contribution in [1.29, 1.82) is 0 Å². The van der Waals surface area contributed by atoms with Crippen molar-refractivity contribution in [2.24, 2.45) is 0 Å². The van der Waals surface area contributed by atoms with Gasteiger partial charge in [-0.05, 0) is 17.9 Å². The molecule has 0 saturated carbocycles. The number of rotatable bonds is 5. The van der Waals surface area contributed by atoms with Crippen molar-refractivity contribution in [3.05, 3.63) is 17.8 Å². The zero-order chi connectivity index (χ0) is 12.1. The minimum absolute atomic E-state index is 0.0184. The number of carbonyl (C=O) groups is 1. The van der Waals surface area contributed by atoms with Crippen LogP contribution in [0, 0.1) is 0 Å². The summed E-state index contributed by atoms with van der Waals surface area (Å²) in [5.74, 6) is 0.701. The van der Waals surface area contributed by atoms with Gasteiger partial charge in [0, 0.05) is 6.54 Å². The molecule has 2 heterocycles. The monoisotopic (exact) mass is 250 g/mol. The zero-order valence-electron chi connectivity index (χ0n) is 9.56. The Morgan fingerprint density at radius 1 is 1.47 bits per heavy atom. The molecular weight excluding hydrogens is 236 g/mol. The van der Waals surface area contributed by atoms with Gasteiger partial charge in [0.1, 0.15) is 12.1 Å². The lowest BCUT2D eigenvalue weighted by Crippen LogP contribution is -2.30. The Kier molecular flexibility index (Phi) is 3.87. The average molecular weight is 250 g/mol. The second-order valence-electron chi connectivity index (χ2n) is 3.56. The average Bonchev–Trinajstić information content (AvgIpc) is 2.82. The maximum Gasteiger partial charge on any atom is 0.239 e. The molecule has 0 bridgehead atoms. The highest BCUT2D eigenvalue weighted by Gasteiger charge is 2.06. The van der Waals surface area contributed by atoms with Crippen molar-refractivity contribution in [2.45, 2.75) is 13.3 Å². The molecule has 2 aromatic rings. The van der Waals surface area contributed by atoms with E-state index in [1.54, 1.807) is 11.3 Å². The molecule has 2 aromatic heterocycles. The standard InChI is InChI=1S/C11H14N4OS/c1-2-4-12-9(16)6-13-11-10-8(3-5-17-10)14-7-15-11/h3,5,7H,2,4,6H2,1H3,(H,12,16)(H,13,14,15). The number of carbonyl (C=O) groups excluding carboxylic acids is 1. The van der Waals surface area contributed by atoms with E-state index in [2.05, 4.69) is 20.6 Å². The Hall–Kier alpha value is -1.69. The molecule has 6 heteroatoms. The van der Waals surface area contributed by atoms with Gasteiger partial charge in [-0.2, -0.15) is 0 Å². The number of thiophene rings is 1. The topological polar surface area (TPSA) is 66.9 Å². The fourth-order valence-electron chi connectivity index (χ4n) is 1.41. The second kappa shape index (κ2) is 5.58. The van der Waals surface area contributed by atoms with Crippen LogP contribution in [-0.4, -0.2) is 29.0 Å². The van der Waals surface area contributed by atoms with E-state index in [9.17, 15) is 4.79 Å². The molecule has 0 unspecified atom stereocenters. The predicted molar refractivity (Wildman–Crippen MR) is 69.2 cm³/mol. The zero-order valence-corrected chi connectivity index (χ0v) is 10.4. The fraction of sp³-hybridized carbons (Fsp3) is 0.364. The Labute approximate surface area is 103 Å². The van der Waals surface area contributed by atoms with Gasteiger partial charge in [0.05, 0.1) is 16.8 Å². The first-order chi connectivity index (χ1) is 8.31.